The van der Waals surface area contributed by atoms with E-state index in [1.54, 1.807) is 0 Å². The summed E-state index contributed by atoms with van der Waals surface area (Å²) in [5.74, 6) is -0.443. The third kappa shape index (κ3) is 4.39. The molecular weight excluding hydrogens is 304 g/mol. The van der Waals surface area contributed by atoms with Crippen molar-refractivity contribution in [1.82, 2.24) is 10.2 Å². The highest BCUT2D eigenvalue weighted by molar-refractivity contribution is 7.15. The van der Waals surface area contributed by atoms with Gasteiger partial charge in [0.05, 0.1) is 12.6 Å². The Morgan fingerprint density at radius 2 is 2.15 bits per heavy atom. The summed E-state index contributed by atoms with van der Waals surface area (Å²) in [5, 5.41) is 11.7. The zero-order valence-electron chi connectivity index (χ0n) is 11.0. The Bertz CT molecular complexity index is 490. The predicted molar refractivity (Wildman–Crippen MR) is 76.9 cm³/mol. The van der Waals surface area contributed by atoms with Crippen molar-refractivity contribution in [1.29, 1.82) is 0 Å². The Labute approximate surface area is 126 Å². The lowest BCUT2D eigenvalue weighted by molar-refractivity contribution is -0.140. The zero-order chi connectivity index (χ0) is 13.9. The van der Waals surface area contributed by atoms with Gasteiger partial charge in [0.15, 0.2) is 0 Å². The van der Waals surface area contributed by atoms with Crippen molar-refractivity contribution in [2.45, 2.75) is 37.6 Å². The average Bonchev–Trinajstić information content (AvgIpc) is 2.99. The number of carbonyl (C=O) groups is 2. The van der Waals surface area contributed by atoms with Crippen LogP contribution in [0.15, 0.2) is 0 Å². The molecule has 0 unspecified atom stereocenters. The van der Waals surface area contributed by atoms with Crippen molar-refractivity contribution in [3.05, 3.63) is 5.01 Å². The number of carbonyl (C=O) groups excluding carboxylic acids is 2. The molecule has 1 aromatic rings. The van der Waals surface area contributed by atoms with E-state index in [2.05, 4.69) is 20.3 Å². The second-order valence-corrected chi connectivity index (χ2v) is 5.60. The third-order valence-electron chi connectivity index (χ3n) is 2.93. The number of aromatic nitrogens is 2. The van der Waals surface area contributed by atoms with Crippen LogP contribution in [0, 0.1) is 0 Å². The molecule has 112 valence electrons. The second kappa shape index (κ2) is 6.96. The summed E-state index contributed by atoms with van der Waals surface area (Å²) in [5.41, 5.74) is 5.05. The molecule has 0 radical (unpaired) electrons. The van der Waals surface area contributed by atoms with E-state index in [1.807, 2.05) is 0 Å². The van der Waals surface area contributed by atoms with Gasteiger partial charge < -0.3 is 10.5 Å². The van der Waals surface area contributed by atoms with Gasteiger partial charge in [0.2, 0.25) is 11.0 Å². The summed E-state index contributed by atoms with van der Waals surface area (Å²) in [6.07, 6.45) is 3.06. The lowest BCUT2D eigenvalue weighted by Crippen LogP contribution is -2.37. The molecule has 0 saturated heterocycles. The molecule has 7 nitrogen and oxygen atoms in total. The Morgan fingerprint density at radius 1 is 1.45 bits per heavy atom. The number of amides is 1. The molecule has 1 saturated carbocycles. The van der Waals surface area contributed by atoms with Crippen molar-refractivity contribution < 1.29 is 14.3 Å². The number of nitrogens with zero attached hydrogens (tertiary/aromatic N) is 2. The normalized spacial score (nSPS) is 15.1. The number of ether oxygens (including phenoxy) is 1. The van der Waals surface area contributed by atoms with E-state index in [1.165, 1.54) is 18.4 Å². The number of rotatable bonds is 6. The van der Waals surface area contributed by atoms with Crippen LogP contribution in [0.1, 0.15) is 30.7 Å². The molecule has 1 fully saturated rings. The van der Waals surface area contributed by atoms with E-state index in [4.69, 9.17) is 5.73 Å². The minimum atomic E-state index is -0.712. The molecule has 0 atom stereocenters. The molecule has 1 amide bonds. The van der Waals surface area contributed by atoms with Crippen molar-refractivity contribution in [2.75, 3.05) is 12.4 Å². The molecule has 0 aliphatic heterocycles. The number of esters is 1. The van der Waals surface area contributed by atoms with Crippen molar-refractivity contribution in [3.63, 3.8) is 0 Å². The van der Waals surface area contributed by atoms with Gasteiger partial charge >= 0.3 is 5.97 Å². The molecule has 9 heteroatoms. The lowest BCUT2D eigenvalue weighted by atomic mass is 10.2. The summed E-state index contributed by atoms with van der Waals surface area (Å²) >= 11 is 1.30. The number of methoxy groups -OCH3 is 1. The van der Waals surface area contributed by atoms with E-state index in [-0.39, 0.29) is 24.3 Å². The molecule has 3 N–H and O–H groups in total. The van der Waals surface area contributed by atoms with Gasteiger partial charge in [-0.2, -0.15) is 0 Å². The van der Waals surface area contributed by atoms with Crippen molar-refractivity contribution in [3.8, 4) is 0 Å². The quantitative estimate of drug-likeness (QED) is 0.754. The van der Waals surface area contributed by atoms with Crippen LogP contribution in [0.4, 0.5) is 5.13 Å². The maximum atomic E-state index is 11.7. The van der Waals surface area contributed by atoms with Crippen LogP contribution in [0.2, 0.25) is 0 Å². The van der Waals surface area contributed by atoms with Gasteiger partial charge in [-0.15, -0.1) is 22.6 Å². The number of anilines is 1. The van der Waals surface area contributed by atoms with E-state index in [9.17, 15) is 9.59 Å². The minimum absolute atomic E-state index is 0. The van der Waals surface area contributed by atoms with Crippen molar-refractivity contribution in [2.24, 2.45) is 5.73 Å². The van der Waals surface area contributed by atoms with Crippen molar-refractivity contribution >= 4 is 40.8 Å². The smallest absolute Gasteiger partial charge is 0.305 e. The molecule has 1 aliphatic rings. The van der Waals surface area contributed by atoms with Crippen LogP contribution < -0.4 is 11.1 Å². The first kappa shape index (κ1) is 16.8. The SMILES string of the molecule is COC(=O)CCCc1nnc(NC(=O)C2(N)CC2)s1.Cl. The van der Waals surface area contributed by atoms with Gasteiger partial charge in [0.1, 0.15) is 5.01 Å². The lowest BCUT2D eigenvalue weighted by Gasteiger charge is -2.05. The summed E-state index contributed by atoms with van der Waals surface area (Å²) in [6.45, 7) is 0. The zero-order valence-corrected chi connectivity index (χ0v) is 12.7. The van der Waals surface area contributed by atoms with Gasteiger partial charge in [-0.3, -0.25) is 14.9 Å². The average molecular weight is 321 g/mol. The van der Waals surface area contributed by atoms with E-state index in [0.29, 0.717) is 37.2 Å². The van der Waals surface area contributed by atoms with Gasteiger partial charge in [-0.25, -0.2) is 0 Å². The van der Waals surface area contributed by atoms with Crippen LogP contribution in [0.3, 0.4) is 0 Å². The fourth-order valence-electron chi connectivity index (χ4n) is 1.47. The van der Waals surface area contributed by atoms with Gasteiger partial charge in [-0.1, -0.05) is 11.3 Å². The Morgan fingerprint density at radius 3 is 2.75 bits per heavy atom. The van der Waals surface area contributed by atoms with Gasteiger partial charge in [-0.05, 0) is 19.3 Å². The number of nitrogens with two attached hydrogens (primary N) is 1. The largest absolute Gasteiger partial charge is 0.469 e. The molecule has 2 rings (SSSR count). The fraction of sp³-hybridized carbons (Fsp3) is 0.636. The van der Waals surface area contributed by atoms with Crippen LogP contribution in [-0.4, -0.2) is 34.7 Å². The molecule has 0 spiro atoms. The highest BCUT2D eigenvalue weighted by Crippen LogP contribution is 2.33. The topological polar surface area (TPSA) is 107 Å². The molecular formula is C11H17ClN4O3S. The maximum absolute atomic E-state index is 11.7. The molecule has 20 heavy (non-hydrogen) atoms. The first-order chi connectivity index (χ1) is 9.03. The van der Waals surface area contributed by atoms with E-state index >= 15 is 0 Å². The van der Waals surface area contributed by atoms with E-state index < -0.39 is 5.54 Å². The molecule has 0 aromatic carbocycles. The van der Waals surface area contributed by atoms with Gasteiger partial charge in [0, 0.05) is 12.8 Å². The Kier molecular flexibility index (Phi) is 5.85. The number of nitrogens with one attached hydrogen (secondary N) is 1. The van der Waals surface area contributed by atoms with Gasteiger partial charge in [0.25, 0.3) is 0 Å². The summed E-state index contributed by atoms with van der Waals surface area (Å²) < 4.78 is 4.55. The number of aryl methyl sites for hydroxylation is 1. The maximum Gasteiger partial charge on any atom is 0.305 e. The first-order valence-electron chi connectivity index (χ1n) is 6.03. The molecule has 0 bridgehead atoms. The molecule has 1 aliphatic carbocycles. The standard InChI is InChI=1S/C11H16N4O3S.ClH/c1-18-8(16)4-2-3-7-14-15-10(19-7)13-9(17)11(12)5-6-11;/h2-6,12H2,1H3,(H,13,15,17);1H. The third-order valence-corrected chi connectivity index (χ3v) is 3.83. The number of hydrogen-bond acceptors (Lipinski definition) is 7. The highest BCUT2D eigenvalue weighted by Gasteiger charge is 2.46. The first-order valence-corrected chi connectivity index (χ1v) is 6.85. The molecule has 1 aromatic heterocycles. The summed E-state index contributed by atoms with van der Waals surface area (Å²) in [6, 6.07) is 0. The monoisotopic (exact) mass is 320 g/mol. The van der Waals surface area contributed by atoms with Crippen LogP contribution in [0.5, 0.6) is 0 Å². The van der Waals surface area contributed by atoms with E-state index in [0.717, 1.165) is 5.01 Å². The summed E-state index contributed by atoms with van der Waals surface area (Å²) in [7, 11) is 1.36. The highest BCUT2D eigenvalue weighted by atomic mass is 35.5. The Balaban J connectivity index is 0.00000200. The van der Waals surface area contributed by atoms with Crippen LogP contribution >= 0.6 is 23.7 Å². The molecule has 1 heterocycles. The Hall–Kier alpha value is -1.25. The number of halogens is 1. The fourth-order valence-corrected chi connectivity index (χ4v) is 2.25. The van der Waals surface area contributed by atoms with Crippen LogP contribution in [-0.2, 0) is 20.7 Å². The second-order valence-electron chi connectivity index (χ2n) is 4.54. The van der Waals surface area contributed by atoms with Crippen LogP contribution in [0.25, 0.3) is 0 Å². The summed E-state index contributed by atoms with van der Waals surface area (Å²) in [4.78, 5) is 22.6. The number of hydrogen-bond donors (Lipinski definition) is 2. The minimum Gasteiger partial charge on any atom is -0.469 e. The predicted octanol–water partition coefficient (Wildman–Crippen LogP) is 0.885.